The zero-order valence-electron chi connectivity index (χ0n) is 15.6. The first-order chi connectivity index (χ1) is 14.1. The Morgan fingerprint density at radius 2 is 1.79 bits per heavy atom. The van der Waals surface area contributed by atoms with E-state index in [0.29, 0.717) is 33.0 Å². The van der Waals surface area contributed by atoms with Crippen LogP contribution in [-0.2, 0) is 4.74 Å². The van der Waals surface area contributed by atoms with Crippen LogP contribution < -0.4 is 5.56 Å². The molecule has 0 aliphatic carbocycles. The third-order valence-electron chi connectivity index (χ3n) is 4.49. The molecule has 1 aromatic heterocycles. The number of rotatable bonds is 4. The van der Waals surface area contributed by atoms with E-state index in [4.69, 9.17) is 21.3 Å². The van der Waals surface area contributed by atoms with Crippen molar-refractivity contribution in [3.05, 3.63) is 93.7 Å². The molecule has 0 aliphatic rings. The Kier molecular flexibility index (Phi) is 5.14. The molecule has 0 atom stereocenters. The van der Waals surface area contributed by atoms with E-state index in [1.165, 1.54) is 4.57 Å². The van der Waals surface area contributed by atoms with Crippen LogP contribution >= 0.6 is 11.6 Å². The minimum absolute atomic E-state index is 0.221. The summed E-state index contributed by atoms with van der Waals surface area (Å²) in [4.78, 5) is 30.3. The minimum Gasteiger partial charge on any atom is -0.462 e. The van der Waals surface area contributed by atoms with Gasteiger partial charge < -0.3 is 4.74 Å². The molecule has 29 heavy (non-hydrogen) atoms. The molecule has 6 heteroatoms. The Labute approximate surface area is 172 Å². The van der Waals surface area contributed by atoms with E-state index in [1.807, 2.05) is 18.2 Å². The van der Waals surface area contributed by atoms with Gasteiger partial charge in [0.2, 0.25) is 0 Å². The number of benzene rings is 3. The van der Waals surface area contributed by atoms with Crippen molar-refractivity contribution in [3.63, 3.8) is 0 Å². The first kappa shape index (κ1) is 18.9. The summed E-state index contributed by atoms with van der Waals surface area (Å²) < 4.78 is 6.60. The number of carbonyl (C=O) groups is 1. The van der Waals surface area contributed by atoms with Gasteiger partial charge in [0.1, 0.15) is 5.82 Å². The van der Waals surface area contributed by atoms with Crippen LogP contribution in [0, 0.1) is 0 Å². The van der Waals surface area contributed by atoms with Gasteiger partial charge in [0.05, 0.1) is 28.8 Å². The molecule has 0 spiro atoms. The van der Waals surface area contributed by atoms with Gasteiger partial charge in [-0.25, -0.2) is 9.78 Å². The first-order valence-corrected chi connectivity index (χ1v) is 9.51. The first-order valence-electron chi connectivity index (χ1n) is 9.14. The topological polar surface area (TPSA) is 61.2 Å². The molecule has 144 valence electrons. The summed E-state index contributed by atoms with van der Waals surface area (Å²) in [5, 5.41) is 1.08. The van der Waals surface area contributed by atoms with Gasteiger partial charge in [-0.1, -0.05) is 29.8 Å². The van der Waals surface area contributed by atoms with Gasteiger partial charge in [-0.2, -0.15) is 0 Å². The summed E-state index contributed by atoms with van der Waals surface area (Å²) in [6, 6.07) is 21.1. The molecule has 0 fully saturated rings. The van der Waals surface area contributed by atoms with Crippen molar-refractivity contribution >= 4 is 28.5 Å². The molecule has 0 N–H and O–H groups in total. The quantitative estimate of drug-likeness (QED) is 0.455. The van der Waals surface area contributed by atoms with Gasteiger partial charge >= 0.3 is 5.97 Å². The van der Waals surface area contributed by atoms with Crippen molar-refractivity contribution in [1.29, 1.82) is 0 Å². The Morgan fingerprint density at radius 3 is 2.55 bits per heavy atom. The Hall–Kier alpha value is -3.44. The van der Waals surface area contributed by atoms with E-state index < -0.39 is 5.97 Å². The van der Waals surface area contributed by atoms with Crippen molar-refractivity contribution in [2.45, 2.75) is 6.92 Å². The molecule has 4 aromatic rings. The SMILES string of the molecule is CCOC(=O)c1cccc(-n2c(-c3ccc(Cl)cc3)nc3ccccc3c2=O)c1. The molecular formula is C23H17ClN2O3. The van der Waals surface area contributed by atoms with Gasteiger partial charge in [0.15, 0.2) is 0 Å². The van der Waals surface area contributed by atoms with Crippen LogP contribution in [0.4, 0.5) is 0 Å². The largest absolute Gasteiger partial charge is 0.462 e. The zero-order valence-corrected chi connectivity index (χ0v) is 16.4. The summed E-state index contributed by atoms with van der Waals surface area (Å²) in [6.45, 7) is 2.02. The number of halogens is 1. The lowest BCUT2D eigenvalue weighted by atomic mass is 10.1. The van der Waals surface area contributed by atoms with Gasteiger partial charge in [0.25, 0.3) is 5.56 Å². The normalized spacial score (nSPS) is 10.8. The highest BCUT2D eigenvalue weighted by atomic mass is 35.5. The van der Waals surface area contributed by atoms with Gasteiger partial charge in [-0.05, 0) is 61.5 Å². The lowest BCUT2D eigenvalue weighted by molar-refractivity contribution is 0.0526. The van der Waals surface area contributed by atoms with Crippen molar-refractivity contribution in [1.82, 2.24) is 9.55 Å². The minimum atomic E-state index is -0.441. The number of hydrogen-bond acceptors (Lipinski definition) is 4. The van der Waals surface area contributed by atoms with E-state index in [-0.39, 0.29) is 12.2 Å². The lowest BCUT2D eigenvalue weighted by Gasteiger charge is -2.15. The Bertz CT molecular complexity index is 1260. The number of hydrogen-bond donors (Lipinski definition) is 0. The summed E-state index contributed by atoms with van der Waals surface area (Å²) in [7, 11) is 0. The maximum atomic E-state index is 13.4. The van der Waals surface area contributed by atoms with Crippen molar-refractivity contribution in [2.24, 2.45) is 0 Å². The molecule has 0 aliphatic heterocycles. The van der Waals surface area contributed by atoms with Crippen LogP contribution in [0.3, 0.4) is 0 Å². The van der Waals surface area contributed by atoms with Crippen LogP contribution in [0.5, 0.6) is 0 Å². The number of fused-ring (bicyclic) bond motifs is 1. The van der Waals surface area contributed by atoms with Crippen LogP contribution in [0.25, 0.3) is 28.0 Å². The van der Waals surface area contributed by atoms with E-state index in [1.54, 1.807) is 61.5 Å². The summed E-state index contributed by atoms with van der Waals surface area (Å²) in [5.41, 5.74) is 2.01. The van der Waals surface area contributed by atoms with Gasteiger partial charge in [0, 0.05) is 10.6 Å². The van der Waals surface area contributed by atoms with Crippen molar-refractivity contribution in [2.75, 3.05) is 6.61 Å². The van der Waals surface area contributed by atoms with Crippen molar-refractivity contribution < 1.29 is 9.53 Å². The molecular weight excluding hydrogens is 388 g/mol. The van der Waals surface area contributed by atoms with Gasteiger partial charge in [-0.3, -0.25) is 9.36 Å². The second kappa shape index (κ2) is 7.89. The van der Waals surface area contributed by atoms with E-state index in [9.17, 15) is 9.59 Å². The third-order valence-corrected chi connectivity index (χ3v) is 4.75. The second-order valence-electron chi connectivity index (χ2n) is 6.37. The van der Waals surface area contributed by atoms with Crippen LogP contribution in [0.2, 0.25) is 5.02 Å². The highest BCUT2D eigenvalue weighted by Gasteiger charge is 2.16. The molecule has 5 nitrogen and oxygen atoms in total. The molecule has 1 heterocycles. The van der Waals surface area contributed by atoms with E-state index in [0.717, 1.165) is 5.56 Å². The molecule has 4 rings (SSSR count). The number of nitrogens with zero attached hydrogens (tertiary/aromatic N) is 2. The Balaban J connectivity index is 2.00. The number of ether oxygens (including phenoxy) is 1. The zero-order chi connectivity index (χ0) is 20.4. The number of esters is 1. The second-order valence-corrected chi connectivity index (χ2v) is 6.81. The highest BCUT2D eigenvalue weighted by Crippen LogP contribution is 2.24. The maximum Gasteiger partial charge on any atom is 0.338 e. The fraction of sp³-hybridized carbons (Fsp3) is 0.0870. The predicted octanol–water partition coefficient (Wildman–Crippen LogP) is 4.88. The Morgan fingerprint density at radius 1 is 1.03 bits per heavy atom. The average Bonchev–Trinajstić information content (AvgIpc) is 2.74. The van der Waals surface area contributed by atoms with Crippen LogP contribution in [0.15, 0.2) is 77.6 Å². The summed E-state index contributed by atoms with van der Waals surface area (Å²) >= 11 is 6.03. The average molecular weight is 405 g/mol. The smallest absolute Gasteiger partial charge is 0.338 e. The van der Waals surface area contributed by atoms with E-state index in [2.05, 4.69) is 0 Å². The highest BCUT2D eigenvalue weighted by molar-refractivity contribution is 6.30. The predicted molar refractivity (Wildman–Crippen MR) is 114 cm³/mol. The molecule has 0 saturated carbocycles. The molecule has 0 saturated heterocycles. The number of aromatic nitrogens is 2. The third kappa shape index (κ3) is 3.65. The maximum absolute atomic E-state index is 13.4. The molecule has 3 aromatic carbocycles. The van der Waals surface area contributed by atoms with E-state index >= 15 is 0 Å². The van der Waals surface area contributed by atoms with Crippen LogP contribution in [0.1, 0.15) is 17.3 Å². The molecule has 0 unspecified atom stereocenters. The number of carbonyl (C=O) groups excluding carboxylic acids is 1. The fourth-order valence-corrected chi connectivity index (χ4v) is 3.28. The fourth-order valence-electron chi connectivity index (χ4n) is 3.15. The monoisotopic (exact) mass is 404 g/mol. The van der Waals surface area contributed by atoms with Crippen LogP contribution in [-0.4, -0.2) is 22.1 Å². The van der Waals surface area contributed by atoms with Crippen molar-refractivity contribution in [3.8, 4) is 17.1 Å². The lowest BCUT2D eigenvalue weighted by Crippen LogP contribution is -2.22. The summed E-state index contributed by atoms with van der Waals surface area (Å²) in [5.74, 6) is 0.0237. The summed E-state index contributed by atoms with van der Waals surface area (Å²) in [6.07, 6.45) is 0. The molecule has 0 amide bonds. The molecule has 0 bridgehead atoms. The van der Waals surface area contributed by atoms with Gasteiger partial charge in [-0.15, -0.1) is 0 Å². The standard InChI is InChI=1S/C23H17ClN2O3/c1-2-29-23(28)16-6-5-7-18(14-16)26-21(15-10-12-17(24)13-11-15)25-20-9-4-3-8-19(20)22(26)27/h3-14H,2H2,1H3. The number of para-hydroxylation sites is 1. The molecule has 0 radical (unpaired) electrons.